The van der Waals surface area contributed by atoms with Crippen LogP contribution in [-0.2, 0) is 4.79 Å². The topological polar surface area (TPSA) is 40.5 Å². The van der Waals surface area contributed by atoms with E-state index >= 15 is 0 Å². The van der Waals surface area contributed by atoms with Crippen LogP contribution in [0.4, 0.5) is 5.69 Å². The molecule has 4 heteroatoms. The van der Waals surface area contributed by atoms with Crippen molar-refractivity contribution in [2.24, 2.45) is 0 Å². The van der Waals surface area contributed by atoms with Gasteiger partial charge in [0.25, 0.3) is 5.91 Å². The summed E-state index contributed by atoms with van der Waals surface area (Å²) in [6, 6.07) is 6.22. The first-order chi connectivity index (χ1) is 6.15. The van der Waals surface area contributed by atoms with E-state index in [0.717, 1.165) is 6.08 Å². The Morgan fingerprint density at radius 2 is 2.00 bits per heavy atom. The predicted molar refractivity (Wildman–Crippen MR) is 50.9 cm³/mol. The van der Waals surface area contributed by atoms with E-state index in [0.29, 0.717) is 15.8 Å². The summed E-state index contributed by atoms with van der Waals surface area (Å²) in [4.78, 5) is 10.9. The van der Waals surface area contributed by atoms with Gasteiger partial charge in [-0.2, -0.15) is 5.06 Å². The lowest BCUT2D eigenvalue weighted by Gasteiger charge is -2.11. The van der Waals surface area contributed by atoms with Crippen molar-refractivity contribution < 1.29 is 10.0 Å². The average molecular weight is 198 g/mol. The van der Waals surface area contributed by atoms with Crippen LogP contribution < -0.4 is 5.06 Å². The number of amides is 1. The Balaban J connectivity index is 2.89. The van der Waals surface area contributed by atoms with Crippen LogP contribution in [-0.4, -0.2) is 11.1 Å². The third-order valence-corrected chi connectivity index (χ3v) is 1.71. The molecule has 0 aliphatic rings. The van der Waals surface area contributed by atoms with E-state index in [1.807, 2.05) is 0 Å². The fraction of sp³-hybridized carbons (Fsp3) is 0. The molecule has 1 rings (SSSR count). The molecule has 1 aromatic carbocycles. The molecule has 68 valence electrons. The van der Waals surface area contributed by atoms with Crippen LogP contribution in [0, 0.1) is 0 Å². The van der Waals surface area contributed by atoms with Gasteiger partial charge in [0.1, 0.15) is 0 Å². The second-order valence-electron chi connectivity index (χ2n) is 2.33. The van der Waals surface area contributed by atoms with E-state index in [9.17, 15) is 10.0 Å². The number of hydroxylamine groups is 1. The van der Waals surface area contributed by atoms with E-state index in [4.69, 9.17) is 11.6 Å². The summed E-state index contributed by atoms with van der Waals surface area (Å²) in [6.07, 6.45) is 1.02. The second-order valence-corrected chi connectivity index (χ2v) is 2.77. The highest BCUT2D eigenvalue weighted by Crippen LogP contribution is 2.16. The number of benzene rings is 1. The summed E-state index contributed by atoms with van der Waals surface area (Å²) in [5.41, 5.74) is 0.356. The number of hydrogen-bond acceptors (Lipinski definition) is 2. The smallest absolute Gasteiger partial charge is 0.274 e. The van der Waals surface area contributed by atoms with Crippen LogP contribution in [0.5, 0.6) is 0 Å². The number of rotatable bonds is 2. The fourth-order valence-electron chi connectivity index (χ4n) is 0.796. The normalized spacial score (nSPS) is 9.38. The SMILES string of the molecule is C=CC(=O)N(O)c1ccc(Cl)cc1. The predicted octanol–water partition coefficient (Wildman–Crippen LogP) is 2.25. The fourth-order valence-corrected chi connectivity index (χ4v) is 0.922. The van der Waals surface area contributed by atoms with Crippen molar-refractivity contribution in [1.29, 1.82) is 0 Å². The molecule has 0 radical (unpaired) electrons. The van der Waals surface area contributed by atoms with Gasteiger partial charge in [0.2, 0.25) is 0 Å². The molecular weight excluding hydrogens is 190 g/mol. The molecule has 3 nitrogen and oxygen atoms in total. The average Bonchev–Trinajstić information content (AvgIpc) is 2.17. The molecule has 1 N–H and O–H groups in total. The third kappa shape index (κ3) is 2.31. The minimum absolute atomic E-state index is 0.356. The van der Waals surface area contributed by atoms with Crippen LogP contribution in [0.15, 0.2) is 36.9 Å². The lowest BCUT2D eigenvalue weighted by Crippen LogP contribution is -2.24. The van der Waals surface area contributed by atoms with Gasteiger partial charge in [-0.1, -0.05) is 18.2 Å². The van der Waals surface area contributed by atoms with Gasteiger partial charge in [0.15, 0.2) is 0 Å². The Labute approximate surface area is 80.8 Å². The number of nitrogens with zero attached hydrogens (tertiary/aromatic N) is 1. The maximum atomic E-state index is 10.9. The molecule has 0 spiro atoms. The highest BCUT2D eigenvalue weighted by molar-refractivity contribution is 6.30. The zero-order valence-corrected chi connectivity index (χ0v) is 7.53. The highest BCUT2D eigenvalue weighted by atomic mass is 35.5. The number of carbonyl (C=O) groups excluding carboxylic acids is 1. The van der Waals surface area contributed by atoms with Gasteiger partial charge >= 0.3 is 0 Å². The summed E-state index contributed by atoms with van der Waals surface area (Å²) in [5.74, 6) is -0.581. The Bertz CT molecular complexity index is 321. The van der Waals surface area contributed by atoms with Gasteiger partial charge in [-0.15, -0.1) is 0 Å². The Hall–Kier alpha value is -1.32. The van der Waals surface area contributed by atoms with Gasteiger partial charge in [-0.3, -0.25) is 10.0 Å². The molecule has 0 aliphatic heterocycles. The minimum Gasteiger partial charge on any atom is -0.281 e. The minimum atomic E-state index is -0.581. The lowest BCUT2D eigenvalue weighted by molar-refractivity contribution is -0.118. The molecule has 0 atom stereocenters. The van der Waals surface area contributed by atoms with Gasteiger partial charge in [-0.25, -0.2) is 0 Å². The van der Waals surface area contributed by atoms with Crippen molar-refractivity contribution in [2.75, 3.05) is 5.06 Å². The Morgan fingerprint density at radius 3 is 2.46 bits per heavy atom. The van der Waals surface area contributed by atoms with Crippen LogP contribution in [0.2, 0.25) is 5.02 Å². The van der Waals surface area contributed by atoms with Gasteiger partial charge < -0.3 is 0 Å². The highest BCUT2D eigenvalue weighted by Gasteiger charge is 2.08. The summed E-state index contributed by atoms with van der Waals surface area (Å²) in [6.45, 7) is 3.25. The van der Waals surface area contributed by atoms with Crippen LogP contribution in [0.3, 0.4) is 0 Å². The molecule has 0 aliphatic carbocycles. The first-order valence-corrected chi connectivity index (χ1v) is 3.94. The number of carbonyl (C=O) groups is 1. The molecule has 0 saturated carbocycles. The van der Waals surface area contributed by atoms with Crippen molar-refractivity contribution >= 4 is 23.2 Å². The summed E-state index contributed by atoms with van der Waals surface area (Å²) in [7, 11) is 0. The lowest BCUT2D eigenvalue weighted by atomic mass is 10.3. The molecule has 0 unspecified atom stereocenters. The number of anilines is 1. The van der Waals surface area contributed by atoms with Crippen LogP contribution >= 0.6 is 11.6 Å². The molecule has 1 aromatic rings. The first kappa shape index (κ1) is 9.77. The zero-order chi connectivity index (χ0) is 9.84. The quantitative estimate of drug-likeness (QED) is 0.449. The van der Waals surface area contributed by atoms with Gasteiger partial charge in [0.05, 0.1) is 5.69 Å². The third-order valence-electron chi connectivity index (χ3n) is 1.45. The van der Waals surface area contributed by atoms with E-state index in [1.54, 1.807) is 12.1 Å². The monoisotopic (exact) mass is 197 g/mol. The van der Waals surface area contributed by atoms with Crippen molar-refractivity contribution in [1.82, 2.24) is 0 Å². The van der Waals surface area contributed by atoms with Crippen molar-refractivity contribution in [3.8, 4) is 0 Å². The molecule has 0 fully saturated rings. The van der Waals surface area contributed by atoms with Gasteiger partial charge in [-0.05, 0) is 30.3 Å². The molecular formula is C9H8ClNO2. The van der Waals surface area contributed by atoms with E-state index < -0.39 is 5.91 Å². The molecule has 0 heterocycles. The largest absolute Gasteiger partial charge is 0.281 e. The summed E-state index contributed by atoms with van der Waals surface area (Å²) in [5, 5.41) is 10.3. The molecule has 0 aromatic heterocycles. The molecule has 0 saturated heterocycles. The van der Waals surface area contributed by atoms with Crippen LogP contribution in [0.1, 0.15) is 0 Å². The van der Waals surface area contributed by atoms with Crippen molar-refractivity contribution in [2.45, 2.75) is 0 Å². The van der Waals surface area contributed by atoms with Crippen molar-refractivity contribution in [3.05, 3.63) is 41.9 Å². The summed E-state index contributed by atoms with van der Waals surface area (Å²) < 4.78 is 0. The number of halogens is 1. The van der Waals surface area contributed by atoms with Gasteiger partial charge in [0, 0.05) is 5.02 Å². The number of hydrogen-bond donors (Lipinski definition) is 1. The van der Waals surface area contributed by atoms with Crippen LogP contribution in [0.25, 0.3) is 0 Å². The van der Waals surface area contributed by atoms with E-state index in [-0.39, 0.29) is 0 Å². The molecule has 1 amide bonds. The first-order valence-electron chi connectivity index (χ1n) is 3.56. The van der Waals surface area contributed by atoms with E-state index in [1.165, 1.54) is 12.1 Å². The molecule has 13 heavy (non-hydrogen) atoms. The Kier molecular flexibility index (Phi) is 3.06. The molecule has 0 bridgehead atoms. The van der Waals surface area contributed by atoms with Crippen molar-refractivity contribution in [3.63, 3.8) is 0 Å². The second kappa shape index (κ2) is 4.07. The summed E-state index contributed by atoms with van der Waals surface area (Å²) >= 11 is 5.62. The van der Waals surface area contributed by atoms with E-state index in [2.05, 4.69) is 6.58 Å². The maximum absolute atomic E-state index is 10.9. The Morgan fingerprint density at radius 1 is 1.46 bits per heavy atom. The standard InChI is InChI=1S/C9H8ClNO2/c1-2-9(12)11(13)8-5-3-7(10)4-6-8/h2-6,13H,1H2. The zero-order valence-electron chi connectivity index (χ0n) is 6.77. The maximum Gasteiger partial charge on any atom is 0.274 e.